The largest absolute Gasteiger partial charge is 0.314 e. The van der Waals surface area contributed by atoms with Gasteiger partial charge in [-0.1, -0.05) is 44.5 Å². The van der Waals surface area contributed by atoms with E-state index in [1.165, 1.54) is 44.3 Å². The number of hydrogen-bond donors (Lipinski definition) is 1. The second-order valence-corrected chi connectivity index (χ2v) is 7.73. The summed E-state index contributed by atoms with van der Waals surface area (Å²) in [7, 11) is 0. The highest BCUT2D eigenvalue weighted by atomic mass is 15.2. The lowest BCUT2D eigenvalue weighted by Crippen LogP contribution is -2.42. The van der Waals surface area contributed by atoms with Crippen LogP contribution >= 0.6 is 0 Å². The maximum Gasteiger partial charge on any atom is 0.0234 e. The van der Waals surface area contributed by atoms with Crippen LogP contribution in [0.5, 0.6) is 0 Å². The molecule has 0 radical (unpaired) electrons. The highest BCUT2D eigenvalue weighted by Gasteiger charge is 2.28. The third-order valence-electron chi connectivity index (χ3n) is 5.27. The van der Waals surface area contributed by atoms with Crippen molar-refractivity contribution in [3.05, 3.63) is 35.4 Å². The van der Waals surface area contributed by atoms with Gasteiger partial charge in [0.15, 0.2) is 0 Å². The van der Waals surface area contributed by atoms with Crippen molar-refractivity contribution in [2.75, 3.05) is 26.2 Å². The maximum atomic E-state index is 3.42. The van der Waals surface area contributed by atoms with Crippen LogP contribution in [0.2, 0.25) is 0 Å². The molecule has 0 spiro atoms. The Hall–Kier alpha value is -0.860. The molecule has 0 aromatic heterocycles. The first kappa shape index (κ1) is 15.1. The lowest BCUT2D eigenvalue weighted by Gasteiger charge is -2.35. The SMILES string of the molecule is CC1(C)CCCC(c2ccc(CN3CCNCC3)cc2)C1. The summed E-state index contributed by atoms with van der Waals surface area (Å²) >= 11 is 0. The maximum absolute atomic E-state index is 3.42. The Kier molecular flexibility index (Phi) is 4.66. The smallest absolute Gasteiger partial charge is 0.0234 e. The average Bonchev–Trinajstić information content (AvgIpc) is 2.48. The number of piperazine rings is 1. The van der Waals surface area contributed by atoms with Crippen molar-refractivity contribution in [2.24, 2.45) is 5.41 Å². The topological polar surface area (TPSA) is 15.3 Å². The molecule has 1 aliphatic carbocycles. The van der Waals surface area contributed by atoms with Gasteiger partial charge < -0.3 is 5.32 Å². The monoisotopic (exact) mass is 286 g/mol. The second kappa shape index (κ2) is 6.50. The van der Waals surface area contributed by atoms with Crippen molar-refractivity contribution in [1.29, 1.82) is 0 Å². The van der Waals surface area contributed by atoms with E-state index in [-0.39, 0.29) is 0 Å². The van der Waals surface area contributed by atoms with Crippen LogP contribution in [0.15, 0.2) is 24.3 Å². The zero-order chi connectivity index (χ0) is 14.7. The van der Waals surface area contributed by atoms with E-state index >= 15 is 0 Å². The van der Waals surface area contributed by atoms with Gasteiger partial charge in [0.05, 0.1) is 0 Å². The molecule has 1 saturated carbocycles. The molecule has 1 unspecified atom stereocenters. The van der Waals surface area contributed by atoms with Gasteiger partial charge in [-0.15, -0.1) is 0 Å². The number of benzene rings is 1. The molecular weight excluding hydrogens is 256 g/mol. The number of nitrogens with one attached hydrogen (secondary N) is 1. The molecule has 21 heavy (non-hydrogen) atoms. The minimum Gasteiger partial charge on any atom is -0.314 e. The molecule has 2 aliphatic rings. The quantitative estimate of drug-likeness (QED) is 0.910. The van der Waals surface area contributed by atoms with Crippen molar-refractivity contribution < 1.29 is 0 Å². The highest BCUT2D eigenvalue weighted by molar-refractivity contribution is 5.26. The molecule has 116 valence electrons. The lowest BCUT2D eigenvalue weighted by atomic mass is 9.70. The van der Waals surface area contributed by atoms with Gasteiger partial charge in [-0.2, -0.15) is 0 Å². The van der Waals surface area contributed by atoms with Gasteiger partial charge in [-0.3, -0.25) is 4.90 Å². The van der Waals surface area contributed by atoms with Crippen molar-refractivity contribution in [3.8, 4) is 0 Å². The van der Waals surface area contributed by atoms with Gasteiger partial charge in [-0.05, 0) is 41.7 Å². The van der Waals surface area contributed by atoms with Crippen molar-refractivity contribution in [2.45, 2.75) is 52.0 Å². The lowest BCUT2D eigenvalue weighted by molar-refractivity contribution is 0.219. The number of rotatable bonds is 3. The van der Waals surface area contributed by atoms with E-state index in [4.69, 9.17) is 0 Å². The number of hydrogen-bond acceptors (Lipinski definition) is 2. The van der Waals surface area contributed by atoms with Crippen LogP contribution in [0.1, 0.15) is 56.6 Å². The summed E-state index contributed by atoms with van der Waals surface area (Å²) in [4.78, 5) is 2.55. The third kappa shape index (κ3) is 4.08. The molecule has 1 aliphatic heterocycles. The Balaban J connectivity index is 1.61. The molecule has 3 rings (SSSR count). The molecule has 2 heteroatoms. The Bertz CT molecular complexity index is 443. The zero-order valence-corrected chi connectivity index (χ0v) is 13.7. The van der Waals surface area contributed by atoms with Crippen LogP contribution in [0.4, 0.5) is 0 Å². The van der Waals surface area contributed by atoms with Gasteiger partial charge in [0.25, 0.3) is 0 Å². The molecule has 1 heterocycles. The van der Waals surface area contributed by atoms with E-state index in [2.05, 4.69) is 48.3 Å². The summed E-state index contributed by atoms with van der Waals surface area (Å²) in [6.45, 7) is 10.6. The first-order valence-corrected chi connectivity index (χ1v) is 8.64. The highest BCUT2D eigenvalue weighted by Crippen LogP contribution is 2.43. The van der Waals surface area contributed by atoms with Crippen molar-refractivity contribution in [3.63, 3.8) is 0 Å². The molecule has 1 saturated heterocycles. The second-order valence-electron chi connectivity index (χ2n) is 7.73. The van der Waals surface area contributed by atoms with Crippen molar-refractivity contribution >= 4 is 0 Å². The average molecular weight is 286 g/mol. The zero-order valence-electron chi connectivity index (χ0n) is 13.7. The summed E-state index contributed by atoms with van der Waals surface area (Å²) in [5.41, 5.74) is 3.56. The van der Waals surface area contributed by atoms with E-state index in [0.717, 1.165) is 25.6 Å². The third-order valence-corrected chi connectivity index (χ3v) is 5.27. The van der Waals surface area contributed by atoms with Crippen LogP contribution in [-0.2, 0) is 6.54 Å². The fraction of sp³-hybridized carbons (Fsp3) is 0.684. The van der Waals surface area contributed by atoms with E-state index in [1.807, 2.05) is 0 Å². The Labute approximate surface area is 129 Å². The molecule has 1 atom stereocenters. The van der Waals surface area contributed by atoms with Gasteiger partial charge >= 0.3 is 0 Å². The first-order chi connectivity index (χ1) is 10.1. The normalized spacial score (nSPS) is 26.7. The van der Waals surface area contributed by atoms with E-state index in [1.54, 1.807) is 5.56 Å². The molecule has 1 aromatic rings. The number of nitrogens with zero attached hydrogens (tertiary/aromatic N) is 1. The summed E-state index contributed by atoms with van der Waals surface area (Å²) in [6, 6.07) is 9.51. The predicted octanol–water partition coefficient (Wildman–Crippen LogP) is 3.78. The van der Waals surface area contributed by atoms with Crippen LogP contribution in [0.3, 0.4) is 0 Å². The first-order valence-electron chi connectivity index (χ1n) is 8.64. The van der Waals surface area contributed by atoms with E-state index in [0.29, 0.717) is 5.41 Å². The molecule has 2 nitrogen and oxygen atoms in total. The van der Waals surface area contributed by atoms with Crippen LogP contribution in [0, 0.1) is 5.41 Å². The van der Waals surface area contributed by atoms with E-state index in [9.17, 15) is 0 Å². The van der Waals surface area contributed by atoms with Crippen molar-refractivity contribution in [1.82, 2.24) is 10.2 Å². The van der Waals surface area contributed by atoms with Gasteiger partial charge in [0.1, 0.15) is 0 Å². The van der Waals surface area contributed by atoms with E-state index < -0.39 is 0 Å². The van der Waals surface area contributed by atoms with Crippen LogP contribution < -0.4 is 5.32 Å². The minimum absolute atomic E-state index is 0.530. The van der Waals surface area contributed by atoms with Crippen LogP contribution in [0.25, 0.3) is 0 Å². The molecule has 1 N–H and O–H groups in total. The minimum atomic E-state index is 0.530. The summed E-state index contributed by atoms with van der Waals surface area (Å²) in [6.07, 6.45) is 5.51. The molecule has 1 aromatic carbocycles. The fourth-order valence-electron chi connectivity index (χ4n) is 4.01. The summed E-state index contributed by atoms with van der Waals surface area (Å²) < 4.78 is 0. The Morgan fingerprint density at radius 2 is 1.86 bits per heavy atom. The van der Waals surface area contributed by atoms with Gasteiger partial charge in [0.2, 0.25) is 0 Å². The summed E-state index contributed by atoms with van der Waals surface area (Å²) in [5.74, 6) is 0.780. The standard InChI is InChI=1S/C19H30N2/c1-19(2)9-3-4-18(14-19)17-7-5-16(6-8-17)15-21-12-10-20-11-13-21/h5-8,18,20H,3-4,9-15H2,1-2H3. The van der Waals surface area contributed by atoms with Gasteiger partial charge in [-0.25, -0.2) is 0 Å². The van der Waals surface area contributed by atoms with Crippen LogP contribution in [-0.4, -0.2) is 31.1 Å². The Morgan fingerprint density at radius 3 is 2.52 bits per heavy atom. The molecular formula is C19H30N2. The fourth-order valence-corrected chi connectivity index (χ4v) is 4.01. The predicted molar refractivity (Wildman–Crippen MR) is 89.6 cm³/mol. The Morgan fingerprint density at radius 1 is 1.14 bits per heavy atom. The summed E-state index contributed by atoms with van der Waals surface area (Å²) in [5, 5.41) is 3.42. The molecule has 0 bridgehead atoms. The molecule has 0 amide bonds. The molecule has 2 fully saturated rings. The van der Waals surface area contributed by atoms with Gasteiger partial charge in [0, 0.05) is 32.7 Å².